The second-order valence-electron chi connectivity index (χ2n) is 5.67. The first-order valence-corrected chi connectivity index (χ1v) is 7.59. The fourth-order valence-electron chi connectivity index (χ4n) is 3.14. The Labute approximate surface area is 121 Å². The lowest BCUT2D eigenvalue weighted by Crippen LogP contribution is -2.50. The molecule has 2 unspecified atom stereocenters. The molecule has 0 aromatic carbocycles. The number of likely N-dealkylation sites (tertiary alicyclic amines) is 1. The van der Waals surface area contributed by atoms with E-state index < -0.39 is 0 Å². The normalized spacial score (nSPS) is 23.1. The third-order valence-electron chi connectivity index (χ3n) is 4.26. The number of nitrogens with one attached hydrogen (secondary N) is 1. The van der Waals surface area contributed by atoms with Crippen LogP contribution in [0.25, 0.3) is 0 Å². The van der Waals surface area contributed by atoms with Crippen molar-refractivity contribution in [3.8, 4) is 0 Å². The Bertz CT molecular complexity index is 468. The van der Waals surface area contributed by atoms with Crippen molar-refractivity contribution in [1.82, 2.24) is 20.0 Å². The summed E-state index contributed by atoms with van der Waals surface area (Å²) in [6, 6.07) is 0.545. The first-order chi connectivity index (χ1) is 9.56. The first kappa shape index (κ1) is 15.0. The molecule has 112 valence electrons. The minimum Gasteiger partial charge on any atom is -0.338 e. The first-order valence-electron chi connectivity index (χ1n) is 7.59. The van der Waals surface area contributed by atoms with Gasteiger partial charge in [-0.3, -0.25) is 9.48 Å². The molecule has 1 aliphatic heterocycles. The van der Waals surface area contributed by atoms with Crippen molar-refractivity contribution in [2.75, 3.05) is 19.6 Å². The third kappa shape index (κ3) is 3.03. The molecule has 0 bridgehead atoms. The van der Waals surface area contributed by atoms with E-state index in [-0.39, 0.29) is 5.91 Å². The summed E-state index contributed by atoms with van der Waals surface area (Å²) in [4.78, 5) is 14.6. The number of carbonyl (C=O) groups excluding carboxylic acids is 1. The number of rotatable bonds is 4. The van der Waals surface area contributed by atoms with Crippen molar-refractivity contribution < 1.29 is 4.79 Å². The molecule has 0 saturated carbocycles. The summed E-state index contributed by atoms with van der Waals surface area (Å²) >= 11 is 0. The van der Waals surface area contributed by atoms with Crippen molar-refractivity contribution in [3.63, 3.8) is 0 Å². The predicted octanol–water partition coefficient (Wildman–Crippen LogP) is 1.58. The number of hydrogen-bond donors (Lipinski definition) is 1. The molecule has 5 heteroatoms. The molecule has 1 aliphatic rings. The quantitative estimate of drug-likeness (QED) is 0.909. The van der Waals surface area contributed by atoms with Crippen molar-refractivity contribution >= 4 is 5.91 Å². The van der Waals surface area contributed by atoms with Crippen LogP contribution in [-0.4, -0.2) is 46.3 Å². The lowest BCUT2D eigenvalue weighted by molar-refractivity contribution is 0.0627. The Kier molecular flexibility index (Phi) is 4.81. The van der Waals surface area contributed by atoms with Crippen LogP contribution in [0, 0.1) is 12.8 Å². The van der Waals surface area contributed by atoms with E-state index in [1.165, 1.54) is 0 Å². The van der Waals surface area contributed by atoms with Gasteiger partial charge in [-0.2, -0.15) is 5.10 Å². The topological polar surface area (TPSA) is 50.2 Å². The average molecular weight is 278 g/mol. The summed E-state index contributed by atoms with van der Waals surface area (Å²) < 4.78 is 1.71. The van der Waals surface area contributed by atoms with Gasteiger partial charge in [0.25, 0.3) is 5.91 Å². The predicted molar refractivity (Wildman–Crippen MR) is 79.7 cm³/mol. The smallest absolute Gasteiger partial charge is 0.257 e. The Morgan fingerprint density at radius 3 is 2.80 bits per heavy atom. The van der Waals surface area contributed by atoms with Gasteiger partial charge in [-0.1, -0.05) is 20.3 Å². The fraction of sp³-hybridized carbons (Fsp3) is 0.733. The Morgan fingerprint density at radius 2 is 2.25 bits per heavy atom. The zero-order chi connectivity index (χ0) is 14.7. The van der Waals surface area contributed by atoms with Gasteiger partial charge in [0.1, 0.15) is 0 Å². The van der Waals surface area contributed by atoms with E-state index in [1.807, 2.05) is 25.1 Å². The third-order valence-corrected chi connectivity index (χ3v) is 4.26. The van der Waals surface area contributed by atoms with Crippen LogP contribution in [0.15, 0.2) is 6.20 Å². The molecule has 2 atom stereocenters. The standard InChI is InChI=1S/C15H26N4O/c1-5-12-9-19(8-7-14(12)16-6-2)15(20)13-10-18(4)17-11(13)3/h10,12,14,16H,5-9H2,1-4H3. The maximum Gasteiger partial charge on any atom is 0.257 e. The molecule has 0 spiro atoms. The fourth-order valence-corrected chi connectivity index (χ4v) is 3.14. The Morgan fingerprint density at radius 1 is 1.50 bits per heavy atom. The zero-order valence-electron chi connectivity index (χ0n) is 13.0. The minimum atomic E-state index is 0.129. The van der Waals surface area contributed by atoms with Crippen molar-refractivity contribution in [1.29, 1.82) is 0 Å². The summed E-state index contributed by atoms with van der Waals surface area (Å²) in [5.41, 5.74) is 1.56. The average Bonchev–Trinajstić information content (AvgIpc) is 2.77. The van der Waals surface area contributed by atoms with Crippen molar-refractivity contribution in [2.24, 2.45) is 13.0 Å². The SMILES string of the molecule is CCNC1CCN(C(=O)c2cn(C)nc2C)CC1CC. The van der Waals surface area contributed by atoms with Crippen molar-refractivity contribution in [2.45, 2.75) is 39.7 Å². The second kappa shape index (κ2) is 6.39. The van der Waals surface area contributed by atoms with Gasteiger partial charge in [0.15, 0.2) is 0 Å². The van der Waals surface area contributed by atoms with E-state index in [1.54, 1.807) is 4.68 Å². The number of aryl methyl sites for hydroxylation is 2. The highest BCUT2D eigenvalue weighted by Crippen LogP contribution is 2.22. The molecule has 1 saturated heterocycles. The van der Waals surface area contributed by atoms with Crippen LogP contribution in [0.4, 0.5) is 0 Å². The van der Waals surface area contributed by atoms with Crippen LogP contribution >= 0.6 is 0 Å². The van der Waals surface area contributed by atoms with Gasteiger partial charge in [0, 0.05) is 32.4 Å². The number of nitrogens with zero attached hydrogens (tertiary/aromatic N) is 3. The molecular weight excluding hydrogens is 252 g/mol. The van der Waals surface area contributed by atoms with Gasteiger partial charge < -0.3 is 10.2 Å². The van der Waals surface area contributed by atoms with E-state index in [4.69, 9.17) is 0 Å². The zero-order valence-corrected chi connectivity index (χ0v) is 13.0. The molecular formula is C15H26N4O. The summed E-state index contributed by atoms with van der Waals surface area (Å²) in [7, 11) is 1.86. The summed E-state index contributed by atoms with van der Waals surface area (Å²) in [6.07, 6.45) is 3.97. The molecule has 1 fully saturated rings. The molecule has 0 aliphatic carbocycles. The van der Waals surface area contributed by atoms with E-state index >= 15 is 0 Å². The molecule has 1 N–H and O–H groups in total. The Balaban J connectivity index is 2.07. The summed E-state index contributed by atoms with van der Waals surface area (Å²) in [5, 5.41) is 7.81. The van der Waals surface area contributed by atoms with Crippen LogP contribution < -0.4 is 5.32 Å². The number of aromatic nitrogens is 2. The molecule has 1 aromatic rings. The number of piperidine rings is 1. The van der Waals surface area contributed by atoms with Gasteiger partial charge >= 0.3 is 0 Å². The minimum absolute atomic E-state index is 0.129. The van der Waals surface area contributed by atoms with Crippen LogP contribution in [0.3, 0.4) is 0 Å². The van der Waals surface area contributed by atoms with Crippen LogP contribution in [-0.2, 0) is 7.05 Å². The number of carbonyl (C=O) groups is 1. The van der Waals surface area contributed by atoms with Gasteiger partial charge in [0.2, 0.25) is 0 Å². The molecule has 2 rings (SSSR count). The highest BCUT2D eigenvalue weighted by Gasteiger charge is 2.31. The van der Waals surface area contributed by atoms with Crippen molar-refractivity contribution in [3.05, 3.63) is 17.5 Å². The molecule has 2 heterocycles. The maximum absolute atomic E-state index is 12.6. The van der Waals surface area contributed by atoms with E-state index in [2.05, 4.69) is 24.3 Å². The Hall–Kier alpha value is -1.36. The summed E-state index contributed by atoms with van der Waals surface area (Å²) in [6.45, 7) is 8.93. The van der Waals surface area contributed by atoms with Gasteiger partial charge in [0.05, 0.1) is 11.3 Å². The van der Waals surface area contributed by atoms with E-state index in [0.29, 0.717) is 12.0 Å². The van der Waals surface area contributed by atoms with Crippen LogP contribution in [0.1, 0.15) is 42.7 Å². The summed E-state index contributed by atoms with van der Waals surface area (Å²) in [5.74, 6) is 0.675. The lowest BCUT2D eigenvalue weighted by Gasteiger charge is -2.38. The number of amides is 1. The van der Waals surface area contributed by atoms with E-state index in [0.717, 1.165) is 43.7 Å². The monoisotopic (exact) mass is 278 g/mol. The van der Waals surface area contributed by atoms with Crippen LogP contribution in [0.2, 0.25) is 0 Å². The maximum atomic E-state index is 12.6. The van der Waals surface area contributed by atoms with Gasteiger partial charge in [-0.15, -0.1) is 0 Å². The second-order valence-corrected chi connectivity index (χ2v) is 5.67. The van der Waals surface area contributed by atoms with Crippen LogP contribution in [0.5, 0.6) is 0 Å². The molecule has 0 radical (unpaired) electrons. The van der Waals surface area contributed by atoms with Gasteiger partial charge in [-0.05, 0) is 25.8 Å². The van der Waals surface area contributed by atoms with E-state index in [9.17, 15) is 4.79 Å². The molecule has 20 heavy (non-hydrogen) atoms. The number of hydrogen-bond acceptors (Lipinski definition) is 3. The molecule has 1 amide bonds. The highest BCUT2D eigenvalue weighted by atomic mass is 16.2. The highest BCUT2D eigenvalue weighted by molar-refractivity contribution is 5.95. The largest absolute Gasteiger partial charge is 0.338 e. The molecule has 5 nitrogen and oxygen atoms in total. The lowest BCUT2D eigenvalue weighted by atomic mass is 9.89. The molecule has 1 aromatic heterocycles. The van der Waals surface area contributed by atoms with Gasteiger partial charge in [-0.25, -0.2) is 0 Å².